The average molecular weight is 254 g/mol. The number of halogens is 1. The number of alkyl halides is 1. The third kappa shape index (κ3) is 4.29. The van der Waals surface area contributed by atoms with Gasteiger partial charge in [-0.15, -0.1) is 11.6 Å². The van der Waals surface area contributed by atoms with E-state index in [1.54, 1.807) is 4.31 Å². The molecule has 1 heterocycles. The zero-order valence-electron chi connectivity index (χ0n) is 9.66. The van der Waals surface area contributed by atoms with Crippen molar-refractivity contribution >= 4 is 21.6 Å². The molecular formula is C10H20ClNO2S. The molecule has 0 spiro atoms. The minimum atomic E-state index is -3.09. The van der Waals surface area contributed by atoms with Crippen molar-refractivity contribution in [1.29, 1.82) is 0 Å². The van der Waals surface area contributed by atoms with Crippen LogP contribution >= 0.6 is 11.6 Å². The molecule has 0 N–H and O–H groups in total. The molecule has 0 atom stereocenters. The molecule has 0 aromatic heterocycles. The largest absolute Gasteiger partial charge is 0.214 e. The van der Waals surface area contributed by atoms with Gasteiger partial charge in [-0.3, -0.25) is 0 Å². The molecule has 0 aromatic carbocycles. The molecule has 1 aliphatic heterocycles. The van der Waals surface area contributed by atoms with Gasteiger partial charge < -0.3 is 0 Å². The predicted octanol–water partition coefficient (Wildman–Crippen LogP) is 2.07. The summed E-state index contributed by atoms with van der Waals surface area (Å²) in [6.45, 7) is 6.98. The van der Waals surface area contributed by atoms with E-state index in [-0.39, 0.29) is 16.5 Å². The van der Waals surface area contributed by atoms with Gasteiger partial charge in [-0.25, -0.2) is 12.7 Å². The Morgan fingerprint density at radius 1 is 1.27 bits per heavy atom. The second kappa shape index (κ2) is 4.60. The highest BCUT2D eigenvalue weighted by Crippen LogP contribution is 2.23. The minimum absolute atomic E-state index is 0.145. The van der Waals surface area contributed by atoms with Crippen LogP contribution in [0.2, 0.25) is 0 Å². The predicted molar refractivity (Wildman–Crippen MR) is 63.7 cm³/mol. The Morgan fingerprint density at radius 3 is 2.13 bits per heavy atom. The molecule has 15 heavy (non-hydrogen) atoms. The van der Waals surface area contributed by atoms with Crippen LogP contribution in [0.15, 0.2) is 0 Å². The van der Waals surface area contributed by atoms with Gasteiger partial charge >= 0.3 is 0 Å². The lowest BCUT2D eigenvalue weighted by Crippen LogP contribution is -2.42. The Labute approximate surface area is 97.8 Å². The van der Waals surface area contributed by atoms with Crippen molar-refractivity contribution in [1.82, 2.24) is 4.31 Å². The average Bonchev–Trinajstić information content (AvgIpc) is 2.00. The van der Waals surface area contributed by atoms with E-state index in [4.69, 9.17) is 11.6 Å². The van der Waals surface area contributed by atoms with Crippen molar-refractivity contribution in [3.8, 4) is 0 Å². The quantitative estimate of drug-likeness (QED) is 0.707. The van der Waals surface area contributed by atoms with Crippen LogP contribution in [0.5, 0.6) is 0 Å². The maximum atomic E-state index is 12.0. The lowest BCUT2D eigenvalue weighted by Gasteiger charge is -2.31. The normalized spacial score (nSPS) is 21.9. The maximum Gasteiger partial charge on any atom is 0.214 e. The molecule has 0 saturated carbocycles. The second-order valence-corrected chi connectivity index (χ2v) is 7.98. The summed E-state index contributed by atoms with van der Waals surface area (Å²) in [6, 6.07) is 0. The molecule has 0 amide bonds. The van der Waals surface area contributed by atoms with Crippen LogP contribution in [0.25, 0.3) is 0 Å². The fourth-order valence-electron chi connectivity index (χ4n) is 1.74. The fourth-order valence-corrected chi connectivity index (χ4v) is 3.98. The first-order valence-corrected chi connectivity index (χ1v) is 7.37. The van der Waals surface area contributed by atoms with Crippen LogP contribution in [-0.2, 0) is 10.0 Å². The minimum Gasteiger partial charge on any atom is -0.212 e. The summed E-state index contributed by atoms with van der Waals surface area (Å²) in [5.41, 5.74) is -0.184. The summed E-state index contributed by atoms with van der Waals surface area (Å²) >= 11 is 5.94. The maximum absolute atomic E-state index is 12.0. The van der Waals surface area contributed by atoms with E-state index in [0.717, 1.165) is 12.8 Å². The van der Waals surface area contributed by atoms with Crippen molar-refractivity contribution in [2.75, 3.05) is 18.8 Å². The van der Waals surface area contributed by atoms with Gasteiger partial charge in [0.2, 0.25) is 10.0 Å². The number of nitrogens with zero attached hydrogens (tertiary/aromatic N) is 1. The number of rotatable bonds is 2. The first kappa shape index (κ1) is 13.3. The monoisotopic (exact) mass is 253 g/mol. The van der Waals surface area contributed by atoms with Crippen LogP contribution in [0.1, 0.15) is 33.6 Å². The van der Waals surface area contributed by atoms with Crippen molar-refractivity contribution in [2.24, 2.45) is 5.41 Å². The first-order chi connectivity index (χ1) is 6.71. The Balaban J connectivity index is 2.63. The molecule has 1 saturated heterocycles. The van der Waals surface area contributed by atoms with Gasteiger partial charge in [0.05, 0.1) is 5.75 Å². The van der Waals surface area contributed by atoms with Crippen LogP contribution in [0.4, 0.5) is 0 Å². The van der Waals surface area contributed by atoms with Crippen LogP contribution in [0.3, 0.4) is 0 Å². The Morgan fingerprint density at radius 2 is 1.73 bits per heavy atom. The van der Waals surface area contributed by atoms with E-state index in [9.17, 15) is 8.42 Å². The van der Waals surface area contributed by atoms with Crippen molar-refractivity contribution in [3.63, 3.8) is 0 Å². The van der Waals surface area contributed by atoms with E-state index in [1.807, 2.05) is 20.8 Å². The molecule has 0 aliphatic carbocycles. The van der Waals surface area contributed by atoms with E-state index in [2.05, 4.69) is 0 Å². The van der Waals surface area contributed by atoms with Gasteiger partial charge in [-0.1, -0.05) is 20.8 Å². The summed E-state index contributed by atoms with van der Waals surface area (Å²) in [6.07, 6.45) is 1.54. The van der Waals surface area contributed by atoms with Crippen LogP contribution in [-0.4, -0.2) is 36.9 Å². The zero-order chi connectivity index (χ0) is 11.7. The van der Waals surface area contributed by atoms with E-state index < -0.39 is 10.0 Å². The van der Waals surface area contributed by atoms with Crippen molar-refractivity contribution < 1.29 is 8.42 Å². The van der Waals surface area contributed by atoms with E-state index in [0.29, 0.717) is 13.1 Å². The molecule has 0 bridgehead atoms. The third-order valence-corrected chi connectivity index (χ3v) is 5.21. The molecule has 0 aromatic rings. The fraction of sp³-hybridized carbons (Fsp3) is 1.00. The lowest BCUT2D eigenvalue weighted by molar-refractivity contribution is 0.340. The zero-order valence-corrected chi connectivity index (χ0v) is 11.2. The SMILES string of the molecule is CC(C)(C)CS(=O)(=O)N1CCC(Cl)CC1. The van der Waals surface area contributed by atoms with Gasteiger partial charge in [0.25, 0.3) is 0 Å². The summed E-state index contributed by atoms with van der Waals surface area (Å²) < 4.78 is 25.6. The van der Waals surface area contributed by atoms with E-state index >= 15 is 0 Å². The number of hydrogen-bond acceptors (Lipinski definition) is 2. The molecule has 3 nitrogen and oxygen atoms in total. The highest BCUT2D eigenvalue weighted by Gasteiger charge is 2.30. The first-order valence-electron chi connectivity index (χ1n) is 5.33. The Kier molecular flexibility index (Phi) is 4.07. The smallest absolute Gasteiger partial charge is 0.212 e. The van der Waals surface area contributed by atoms with Gasteiger partial charge in [0.15, 0.2) is 0 Å². The van der Waals surface area contributed by atoms with Gasteiger partial charge in [-0.2, -0.15) is 0 Å². The van der Waals surface area contributed by atoms with Gasteiger partial charge in [0, 0.05) is 18.5 Å². The molecule has 0 radical (unpaired) electrons. The standard InChI is InChI=1S/C10H20ClNO2S/c1-10(2,3)8-15(13,14)12-6-4-9(11)5-7-12/h9H,4-8H2,1-3H3. The van der Waals surface area contributed by atoms with Crippen molar-refractivity contribution in [2.45, 2.75) is 39.0 Å². The van der Waals surface area contributed by atoms with Crippen LogP contribution < -0.4 is 0 Å². The molecule has 5 heteroatoms. The molecular weight excluding hydrogens is 234 g/mol. The summed E-state index contributed by atoms with van der Waals surface area (Å²) in [5.74, 6) is 0.215. The topological polar surface area (TPSA) is 37.4 Å². The number of sulfonamides is 1. The summed E-state index contributed by atoms with van der Waals surface area (Å²) in [4.78, 5) is 0. The van der Waals surface area contributed by atoms with Gasteiger partial charge in [0.1, 0.15) is 0 Å². The summed E-state index contributed by atoms with van der Waals surface area (Å²) in [5, 5.41) is 0.145. The van der Waals surface area contributed by atoms with Crippen LogP contribution in [0, 0.1) is 5.41 Å². The molecule has 1 rings (SSSR count). The summed E-state index contributed by atoms with van der Waals surface area (Å²) in [7, 11) is -3.09. The molecule has 0 unspecified atom stereocenters. The molecule has 1 aliphatic rings. The van der Waals surface area contributed by atoms with E-state index in [1.165, 1.54) is 0 Å². The number of hydrogen-bond donors (Lipinski definition) is 0. The third-order valence-electron chi connectivity index (χ3n) is 2.39. The molecule has 1 fully saturated rings. The Hall–Kier alpha value is 0.200. The molecule has 90 valence electrons. The van der Waals surface area contributed by atoms with Gasteiger partial charge in [-0.05, 0) is 18.3 Å². The highest BCUT2D eigenvalue weighted by atomic mass is 35.5. The lowest BCUT2D eigenvalue weighted by atomic mass is 10.0. The van der Waals surface area contributed by atoms with Crippen molar-refractivity contribution in [3.05, 3.63) is 0 Å². The Bertz CT molecular complexity index is 300. The second-order valence-electron chi connectivity index (χ2n) is 5.39. The number of piperidine rings is 1. The highest BCUT2D eigenvalue weighted by molar-refractivity contribution is 7.89.